The molecule has 8 heteroatoms. The number of anilines is 2. The van der Waals surface area contributed by atoms with Crippen molar-refractivity contribution in [2.45, 2.75) is 18.9 Å². The molecule has 1 aliphatic rings. The van der Waals surface area contributed by atoms with Crippen LogP contribution >= 0.6 is 0 Å². The fourth-order valence-electron chi connectivity index (χ4n) is 3.28. The maximum atomic E-state index is 12.6. The van der Waals surface area contributed by atoms with Crippen molar-refractivity contribution in [3.63, 3.8) is 0 Å². The molecule has 3 aromatic rings. The number of hydrogen-bond acceptors (Lipinski definition) is 7. The van der Waals surface area contributed by atoms with Crippen molar-refractivity contribution < 1.29 is 4.79 Å². The molecule has 0 bridgehead atoms. The Morgan fingerprint density at radius 3 is 2.61 bits per heavy atom. The largest absolute Gasteiger partial charge is 0.384 e. The first-order chi connectivity index (χ1) is 13.7. The Kier molecular flexibility index (Phi) is 5.09. The lowest BCUT2D eigenvalue weighted by Gasteiger charge is -2.33. The van der Waals surface area contributed by atoms with Crippen LogP contribution in [-0.2, 0) is 0 Å². The summed E-state index contributed by atoms with van der Waals surface area (Å²) in [6.07, 6.45) is 7.00. The van der Waals surface area contributed by atoms with Gasteiger partial charge >= 0.3 is 0 Å². The first-order valence-electron chi connectivity index (χ1n) is 9.21. The van der Waals surface area contributed by atoms with Gasteiger partial charge in [0.2, 0.25) is 5.95 Å². The molecular formula is C20H21N7O. The number of hydrogen-bond donors (Lipinski definition) is 2. The highest BCUT2D eigenvalue weighted by atomic mass is 16.1. The van der Waals surface area contributed by atoms with Crippen LogP contribution in [0.1, 0.15) is 23.2 Å². The fourth-order valence-corrected chi connectivity index (χ4v) is 3.28. The van der Waals surface area contributed by atoms with Crippen molar-refractivity contribution in [3.8, 4) is 11.4 Å². The molecule has 3 N–H and O–H groups in total. The third kappa shape index (κ3) is 4.06. The smallest absolute Gasteiger partial charge is 0.251 e. The maximum Gasteiger partial charge on any atom is 0.251 e. The molecular weight excluding hydrogens is 354 g/mol. The summed E-state index contributed by atoms with van der Waals surface area (Å²) in [5.74, 6) is 1.56. The van der Waals surface area contributed by atoms with Gasteiger partial charge in [0, 0.05) is 48.8 Å². The molecule has 0 spiro atoms. The Bertz CT molecular complexity index is 946. The van der Waals surface area contributed by atoms with Gasteiger partial charge in [-0.2, -0.15) is 0 Å². The predicted molar refractivity (Wildman–Crippen MR) is 107 cm³/mol. The van der Waals surface area contributed by atoms with E-state index < -0.39 is 0 Å². The SMILES string of the molecule is Nc1ccnc(-c2ccc(C(=O)N[C@@H]3CCCN(c4ncccn4)C3)cc2)n1. The minimum atomic E-state index is -0.0964. The number of piperidine rings is 1. The van der Waals surface area contributed by atoms with Crippen LogP contribution in [0.4, 0.5) is 11.8 Å². The molecule has 3 heterocycles. The number of amides is 1. The molecule has 1 saturated heterocycles. The first kappa shape index (κ1) is 17.8. The van der Waals surface area contributed by atoms with Gasteiger partial charge in [-0.1, -0.05) is 12.1 Å². The molecule has 142 valence electrons. The van der Waals surface area contributed by atoms with E-state index in [0.29, 0.717) is 29.7 Å². The molecule has 0 unspecified atom stereocenters. The van der Waals surface area contributed by atoms with Crippen LogP contribution in [0.15, 0.2) is 55.0 Å². The van der Waals surface area contributed by atoms with E-state index in [1.165, 1.54) is 0 Å². The van der Waals surface area contributed by atoms with Gasteiger partial charge in [-0.15, -0.1) is 0 Å². The average molecular weight is 375 g/mol. The number of nitrogens with zero attached hydrogens (tertiary/aromatic N) is 5. The molecule has 1 fully saturated rings. The zero-order valence-corrected chi connectivity index (χ0v) is 15.3. The highest BCUT2D eigenvalue weighted by Crippen LogP contribution is 2.18. The number of nitrogen functional groups attached to an aromatic ring is 1. The Labute approximate surface area is 162 Å². The quantitative estimate of drug-likeness (QED) is 0.717. The minimum Gasteiger partial charge on any atom is -0.384 e. The summed E-state index contributed by atoms with van der Waals surface area (Å²) in [4.78, 5) is 31.8. The Hall–Kier alpha value is -3.55. The lowest BCUT2D eigenvalue weighted by atomic mass is 10.0. The predicted octanol–water partition coefficient (Wildman–Crippen LogP) is 1.91. The van der Waals surface area contributed by atoms with Gasteiger partial charge in [-0.05, 0) is 37.1 Å². The van der Waals surface area contributed by atoms with E-state index >= 15 is 0 Å². The van der Waals surface area contributed by atoms with E-state index in [2.05, 4.69) is 30.2 Å². The first-order valence-corrected chi connectivity index (χ1v) is 9.21. The van der Waals surface area contributed by atoms with Crippen molar-refractivity contribution in [1.29, 1.82) is 0 Å². The second-order valence-electron chi connectivity index (χ2n) is 6.69. The topological polar surface area (TPSA) is 110 Å². The van der Waals surface area contributed by atoms with Crippen LogP contribution in [0.25, 0.3) is 11.4 Å². The van der Waals surface area contributed by atoms with Gasteiger partial charge in [-0.3, -0.25) is 4.79 Å². The summed E-state index contributed by atoms with van der Waals surface area (Å²) in [5.41, 5.74) is 7.12. The number of aromatic nitrogens is 4. The molecule has 2 aromatic heterocycles. The molecule has 4 rings (SSSR count). The van der Waals surface area contributed by atoms with Crippen LogP contribution < -0.4 is 16.0 Å². The molecule has 1 aliphatic heterocycles. The van der Waals surface area contributed by atoms with E-state index in [9.17, 15) is 4.79 Å². The Balaban J connectivity index is 1.40. The van der Waals surface area contributed by atoms with Crippen LogP contribution in [0, 0.1) is 0 Å². The number of carbonyl (C=O) groups excluding carboxylic acids is 1. The van der Waals surface area contributed by atoms with Crippen LogP contribution in [-0.4, -0.2) is 45.0 Å². The number of nitrogens with two attached hydrogens (primary N) is 1. The van der Waals surface area contributed by atoms with Crippen molar-refractivity contribution >= 4 is 17.7 Å². The van der Waals surface area contributed by atoms with E-state index in [4.69, 9.17) is 5.73 Å². The second-order valence-corrected chi connectivity index (χ2v) is 6.69. The Morgan fingerprint density at radius 2 is 1.86 bits per heavy atom. The van der Waals surface area contributed by atoms with Gasteiger partial charge in [-0.25, -0.2) is 19.9 Å². The van der Waals surface area contributed by atoms with Crippen LogP contribution in [0.2, 0.25) is 0 Å². The molecule has 1 atom stereocenters. The zero-order chi connectivity index (χ0) is 19.3. The molecule has 1 aromatic carbocycles. The van der Waals surface area contributed by atoms with Crippen molar-refractivity contribution in [1.82, 2.24) is 25.3 Å². The van der Waals surface area contributed by atoms with Crippen molar-refractivity contribution in [2.24, 2.45) is 0 Å². The molecule has 0 radical (unpaired) electrons. The summed E-state index contributed by atoms with van der Waals surface area (Å²) >= 11 is 0. The molecule has 8 nitrogen and oxygen atoms in total. The third-order valence-electron chi connectivity index (χ3n) is 4.67. The molecule has 0 saturated carbocycles. The van der Waals surface area contributed by atoms with Gasteiger partial charge in [0.25, 0.3) is 5.91 Å². The van der Waals surface area contributed by atoms with E-state index in [-0.39, 0.29) is 11.9 Å². The highest BCUT2D eigenvalue weighted by molar-refractivity contribution is 5.94. The number of nitrogens with one attached hydrogen (secondary N) is 1. The van der Waals surface area contributed by atoms with E-state index in [1.807, 2.05) is 12.1 Å². The highest BCUT2D eigenvalue weighted by Gasteiger charge is 2.23. The summed E-state index contributed by atoms with van der Waals surface area (Å²) < 4.78 is 0. The molecule has 28 heavy (non-hydrogen) atoms. The zero-order valence-electron chi connectivity index (χ0n) is 15.3. The van der Waals surface area contributed by atoms with Crippen molar-refractivity contribution in [3.05, 3.63) is 60.6 Å². The summed E-state index contributed by atoms with van der Waals surface area (Å²) in [6.45, 7) is 1.59. The van der Waals surface area contributed by atoms with Crippen molar-refractivity contribution in [2.75, 3.05) is 23.7 Å². The van der Waals surface area contributed by atoms with Gasteiger partial charge in [0.05, 0.1) is 0 Å². The summed E-state index contributed by atoms with van der Waals surface area (Å²) in [5, 5.41) is 3.12. The lowest BCUT2D eigenvalue weighted by molar-refractivity contribution is 0.0933. The second kappa shape index (κ2) is 7.99. The average Bonchev–Trinajstić information content (AvgIpc) is 2.75. The molecule has 1 amide bonds. The fraction of sp³-hybridized carbons (Fsp3) is 0.250. The lowest BCUT2D eigenvalue weighted by Crippen LogP contribution is -2.48. The number of benzene rings is 1. The number of rotatable bonds is 4. The van der Waals surface area contributed by atoms with Crippen LogP contribution in [0.5, 0.6) is 0 Å². The maximum absolute atomic E-state index is 12.6. The van der Waals surface area contributed by atoms with Gasteiger partial charge in [0.15, 0.2) is 5.82 Å². The normalized spacial score (nSPS) is 16.6. The van der Waals surface area contributed by atoms with E-state index in [1.54, 1.807) is 42.9 Å². The van der Waals surface area contributed by atoms with Gasteiger partial charge < -0.3 is 16.0 Å². The summed E-state index contributed by atoms with van der Waals surface area (Å²) in [6, 6.07) is 10.7. The van der Waals surface area contributed by atoms with Gasteiger partial charge in [0.1, 0.15) is 5.82 Å². The number of carbonyl (C=O) groups is 1. The standard InChI is InChI=1S/C20H21N7O/c21-17-8-11-22-18(26-17)14-4-6-15(7-5-14)19(28)25-16-3-1-12-27(13-16)20-23-9-2-10-24-20/h2,4-11,16H,1,3,12-13H2,(H,25,28)(H2,21,22,26)/t16-/m1/s1. The van der Waals surface area contributed by atoms with E-state index in [0.717, 1.165) is 24.9 Å². The van der Waals surface area contributed by atoms with Crippen LogP contribution in [0.3, 0.4) is 0 Å². The summed E-state index contributed by atoms with van der Waals surface area (Å²) in [7, 11) is 0. The minimum absolute atomic E-state index is 0.0574. The monoisotopic (exact) mass is 375 g/mol. The third-order valence-corrected chi connectivity index (χ3v) is 4.67. The molecule has 0 aliphatic carbocycles. The Morgan fingerprint density at radius 1 is 1.07 bits per heavy atom.